The second-order valence-electron chi connectivity index (χ2n) is 6.22. The van der Waals surface area contributed by atoms with E-state index < -0.39 is 0 Å². The van der Waals surface area contributed by atoms with E-state index in [9.17, 15) is 5.26 Å². The molecule has 1 rings (SSSR count). The largest absolute Gasteiger partial charge is 0.383 e. The average molecular weight is 295 g/mol. The van der Waals surface area contributed by atoms with E-state index in [0.29, 0.717) is 12.1 Å². The summed E-state index contributed by atoms with van der Waals surface area (Å²) in [5.74, 6) is 0. The Morgan fingerprint density at radius 1 is 1.38 bits per heavy atom. The summed E-state index contributed by atoms with van der Waals surface area (Å²) in [4.78, 5) is 2.59. The van der Waals surface area contributed by atoms with Crippen molar-refractivity contribution in [1.82, 2.24) is 10.2 Å². The molecule has 1 fully saturated rings. The quantitative estimate of drug-likeness (QED) is 0.673. The lowest BCUT2D eigenvalue weighted by atomic mass is 9.98. The van der Waals surface area contributed by atoms with E-state index in [1.54, 1.807) is 7.11 Å². The van der Waals surface area contributed by atoms with Gasteiger partial charge in [0, 0.05) is 25.7 Å². The van der Waals surface area contributed by atoms with Crippen molar-refractivity contribution >= 4 is 0 Å². The van der Waals surface area contributed by atoms with Gasteiger partial charge in [-0.15, -0.1) is 0 Å². The van der Waals surface area contributed by atoms with Gasteiger partial charge in [-0.05, 0) is 45.1 Å². The molecule has 0 aromatic heterocycles. The van der Waals surface area contributed by atoms with Crippen LogP contribution in [0.4, 0.5) is 0 Å². The Morgan fingerprint density at radius 3 is 2.62 bits per heavy atom. The minimum absolute atomic E-state index is 0.308. The van der Waals surface area contributed by atoms with Crippen molar-refractivity contribution in [1.29, 1.82) is 5.26 Å². The molecule has 0 heterocycles. The minimum Gasteiger partial charge on any atom is -0.383 e. The van der Waals surface area contributed by atoms with Crippen LogP contribution in [0.15, 0.2) is 0 Å². The van der Waals surface area contributed by atoms with Crippen LogP contribution in [0.25, 0.3) is 0 Å². The van der Waals surface area contributed by atoms with Crippen LogP contribution in [0.2, 0.25) is 0 Å². The lowest BCUT2D eigenvalue weighted by Crippen LogP contribution is -2.47. The maximum absolute atomic E-state index is 9.62. The van der Waals surface area contributed by atoms with Gasteiger partial charge in [-0.2, -0.15) is 5.26 Å². The minimum atomic E-state index is -0.308. The number of hydrogen-bond donors (Lipinski definition) is 1. The summed E-state index contributed by atoms with van der Waals surface area (Å²) in [6.45, 7) is 9.35. The summed E-state index contributed by atoms with van der Waals surface area (Å²) in [7, 11) is 1.77. The number of nitrogens with one attached hydrogen (secondary N) is 1. The van der Waals surface area contributed by atoms with E-state index in [0.717, 1.165) is 45.4 Å². The molecule has 1 aliphatic carbocycles. The molecule has 0 saturated heterocycles. The van der Waals surface area contributed by atoms with Crippen molar-refractivity contribution in [3.63, 3.8) is 0 Å². The first-order chi connectivity index (χ1) is 10.2. The Labute approximate surface area is 130 Å². The standard InChI is InChI=1S/C17H33N3O/c1-5-10-19-17(14-18)9-8-16(13-17)20(11-12-21-4)15(6-2)7-3/h15-16,19H,5-13H2,1-4H3. The Bertz CT molecular complexity index is 324. The molecule has 2 unspecified atom stereocenters. The van der Waals surface area contributed by atoms with Gasteiger partial charge in [0.2, 0.25) is 0 Å². The van der Waals surface area contributed by atoms with E-state index in [1.165, 1.54) is 12.8 Å². The number of rotatable bonds is 10. The molecule has 4 heteroatoms. The topological polar surface area (TPSA) is 48.3 Å². The first kappa shape index (κ1) is 18.4. The molecular weight excluding hydrogens is 262 g/mol. The zero-order valence-electron chi connectivity index (χ0n) is 14.3. The summed E-state index contributed by atoms with van der Waals surface area (Å²) in [6, 6.07) is 3.67. The third-order valence-electron chi connectivity index (χ3n) is 4.85. The third kappa shape index (κ3) is 4.95. The van der Waals surface area contributed by atoms with Gasteiger partial charge in [0.15, 0.2) is 0 Å². The van der Waals surface area contributed by atoms with Crippen LogP contribution in [0.1, 0.15) is 59.3 Å². The molecule has 0 bridgehead atoms. The molecule has 0 aromatic carbocycles. The molecule has 0 spiro atoms. The van der Waals surface area contributed by atoms with Crippen LogP contribution in [0.3, 0.4) is 0 Å². The molecular formula is C17H33N3O. The van der Waals surface area contributed by atoms with Crippen LogP contribution in [0, 0.1) is 11.3 Å². The Hall–Kier alpha value is -0.630. The van der Waals surface area contributed by atoms with Gasteiger partial charge in [-0.25, -0.2) is 0 Å². The van der Waals surface area contributed by atoms with Crippen LogP contribution in [-0.4, -0.2) is 49.3 Å². The van der Waals surface area contributed by atoms with Crippen LogP contribution < -0.4 is 5.32 Å². The molecule has 0 aliphatic heterocycles. The number of nitriles is 1. The van der Waals surface area contributed by atoms with Crippen molar-refractivity contribution in [2.24, 2.45) is 0 Å². The molecule has 1 N–H and O–H groups in total. The first-order valence-electron chi connectivity index (χ1n) is 8.57. The fourth-order valence-electron chi connectivity index (χ4n) is 3.59. The van der Waals surface area contributed by atoms with Crippen molar-refractivity contribution in [2.45, 2.75) is 76.9 Å². The summed E-state index contributed by atoms with van der Waals surface area (Å²) in [6.07, 6.45) is 6.44. The van der Waals surface area contributed by atoms with Gasteiger partial charge in [-0.3, -0.25) is 10.2 Å². The number of ether oxygens (including phenoxy) is 1. The number of hydrogen-bond acceptors (Lipinski definition) is 4. The van der Waals surface area contributed by atoms with Crippen LogP contribution in [0.5, 0.6) is 0 Å². The predicted octanol–water partition coefficient (Wildman–Crippen LogP) is 2.94. The summed E-state index contributed by atoms with van der Waals surface area (Å²) in [5.41, 5.74) is -0.308. The fraction of sp³-hybridized carbons (Fsp3) is 0.941. The molecule has 1 saturated carbocycles. The van der Waals surface area contributed by atoms with Gasteiger partial charge in [-0.1, -0.05) is 20.8 Å². The maximum Gasteiger partial charge on any atom is 0.108 e. The van der Waals surface area contributed by atoms with Gasteiger partial charge >= 0.3 is 0 Å². The zero-order chi connectivity index (χ0) is 15.7. The van der Waals surface area contributed by atoms with Crippen molar-refractivity contribution in [2.75, 3.05) is 26.8 Å². The highest BCUT2D eigenvalue weighted by Crippen LogP contribution is 2.34. The highest BCUT2D eigenvalue weighted by Gasteiger charge is 2.42. The highest BCUT2D eigenvalue weighted by molar-refractivity contribution is 5.13. The van der Waals surface area contributed by atoms with E-state index in [4.69, 9.17) is 4.74 Å². The van der Waals surface area contributed by atoms with Gasteiger partial charge in [0.1, 0.15) is 5.54 Å². The average Bonchev–Trinajstić information content (AvgIpc) is 2.94. The van der Waals surface area contributed by atoms with Crippen molar-refractivity contribution in [3.05, 3.63) is 0 Å². The molecule has 0 amide bonds. The summed E-state index contributed by atoms with van der Waals surface area (Å²) >= 11 is 0. The fourth-order valence-corrected chi connectivity index (χ4v) is 3.59. The second-order valence-corrected chi connectivity index (χ2v) is 6.22. The second kappa shape index (κ2) is 9.40. The Morgan fingerprint density at radius 2 is 2.10 bits per heavy atom. The lowest BCUT2D eigenvalue weighted by molar-refractivity contribution is 0.0792. The van der Waals surface area contributed by atoms with Gasteiger partial charge in [0.05, 0.1) is 12.7 Å². The molecule has 122 valence electrons. The Kier molecular flexibility index (Phi) is 8.24. The lowest BCUT2D eigenvalue weighted by Gasteiger charge is -2.36. The van der Waals surface area contributed by atoms with E-state index in [-0.39, 0.29) is 5.54 Å². The van der Waals surface area contributed by atoms with Crippen LogP contribution >= 0.6 is 0 Å². The number of methoxy groups -OCH3 is 1. The smallest absolute Gasteiger partial charge is 0.108 e. The highest BCUT2D eigenvalue weighted by atomic mass is 16.5. The third-order valence-corrected chi connectivity index (χ3v) is 4.85. The normalized spacial score (nSPS) is 25.7. The van der Waals surface area contributed by atoms with Crippen molar-refractivity contribution < 1.29 is 4.74 Å². The van der Waals surface area contributed by atoms with Gasteiger partial charge in [0.25, 0.3) is 0 Å². The van der Waals surface area contributed by atoms with E-state index in [1.807, 2.05) is 0 Å². The monoisotopic (exact) mass is 295 g/mol. The predicted molar refractivity (Wildman–Crippen MR) is 87.2 cm³/mol. The number of nitrogens with zero attached hydrogens (tertiary/aromatic N) is 2. The molecule has 21 heavy (non-hydrogen) atoms. The first-order valence-corrected chi connectivity index (χ1v) is 8.57. The maximum atomic E-state index is 9.62. The summed E-state index contributed by atoms with van der Waals surface area (Å²) in [5, 5.41) is 13.1. The van der Waals surface area contributed by atoms with E-state index in [2.05, 4.69) is 37.1 Å². The summed E-state index contributed by atoms with van der Waals surface area (Å²) < 4.78 is 5.29. The molecule has 0 aromatic rings. The molecule has 1 aliphatic rings. The van der Waals surface area contributed by atoms with E-state index >= 15 is 0 Å². The molecule has 4 nitrogen and oxygen atoms in total. The SMILES string of the molecule is CCCNC1(C#N)CCC(N(CCOC)C(CC)CC)C1. The molecule has 2 atom stereocenters. The molecule has 0 radical (unpaired) electrons. The Balaban J connectivity index is 2.73. The van der Waals surface area contributed by atoms with Crippen LogP contribution in [-0.2, 0) is 4.74 Å². The van der Waals surface area contributed by atoms with Crippen molar-refractivity contribution in [3.8, 4) is 6.07 Å². The van der Waals surface area contributed by atoms with Gasteiger partial charge < -0.3 is 4.74 Å². The zero-order valence-corrected chi connectivity index (χ0v) is 14.3.